The van der Waals surface area contributed by atoms with Crippen LogP contribution >= 0.6 is 0 Å². The van der Waals surface area contributed by atoms with E-state index in [0.717, 1.165) is 37.8 Å². The van der Waals surface area contributed by atoms with E-state index < -0.39 is 14.4 Å². The molecule has 5 atom stereocenters. The van der Waals surface area contributed by atoms with Crippen LogP contribution in [0.3, 0.4) is 0 Å². The van der Waals surface area contributed by atoms with Crippen LogP contribution in [-0.2, 0) is 28.3 Å². The molecule has 190 valence electrons. The molecule has 0 aromatic heterocycles. The van der Waals surface area contributed by atoms with Crippen LogP contribution in [0.5, 0.6) is 0 Å². The molecule has 1 heterocycles. The Balaban J connectivity index is 1.87. The van der Waals surface area contributed by atoms with Crippen molar-refractivity contribution in [2.75, 3.05) is 21.0 Å². The topological polar surface area (TPSA) is 75.6 Å². The lowest BCUT2D eigenvalue weighted by molar-refractivity contribution is -0.152. The molecule has 0 N–H and O–H groups in total. The molecule has 8 heteroatoms. The number of ether oxygens (including phenoxy) is 3. The van der Waals surface area contributed by atoms with Crippen LogP contribution in [0.25, 0.3) is 0 Å². The second kappa shape index (κ2) is 12.5. The Bertz CT molecular complexity index is 687. The lowest BCUT2D eigenvalue weighted by Crippen LogP contribution is -2.43. The van der Waals surface area contributed by atoms with Crippen LogP contribution in [0.15, 0.2) is 17.3 Å². The SMILES string of the molecule is COCO[C@H]1C[C@@H](/C=C/CCC[C@H](C)O[Si](C)(C)C(C)(C)C)[C@H](C2=NOC(C(=O)OC)C2)C1. The second-order valence-corrected chi connectivity index (χ2v) is 15.6. The van der Waals surface area contributed by atoms with Crippen molar-refractivity contribution in [1.29, 1.82) is 0 Å². The molecule has 7 nitrogen and oxygen atoms in total. The summed E-state index contributed by atoms with van der Waals surface area (Å²) < 4.78 is 22.2. The number of hydrogen-bond acceptors (Lipinski definition) is 7. The van der Waals surface area contributed by atoms with Crippen molar-refractivity contribution in [1.82, 2.24) is 0 Å². The van der Waals surface area contributed by atoms with Crippen molar-refractivity contribution in [2.45, 2.75) is 103 Å². The quantitative estimate of drug-likeness (QED) is 0.121. The summed E-state index contributed by atoms with van der Waals surface area (Å²) in [7, 11) is 1.29. The first-order chi connectivity index (χ1) is 15.5. The minimum absolute atomic E-state index is 0.113. The van der Waals surface area contributed by atoms with Gasteiger partial charge < -0.3 is 23.5 Å². The van der Waals surface area contributed by atoms with E-state index in [2.05, 4.69) is 58.1 Å². The molecule has 1 aliphatic carbocycles. The molecule has 0 spiro atoms. The van der Waals surface area contributed by atoms with Gasteiger partial charge in [-0.15, -0.1) is 0 Å². The zero-order chi connectivity index (χ0) is 24.6. The molecule has 1 fully saturated rings. The largest absolute Gasteiger partial charge is 0.466 e. The number of oxime groups is 1. The summed E-state index contributed by atoms with van der Waals surface area (Å²) in [5.41, 5.74) is 0.931. The monoisotopic (exact) mass is 483 g/mol. The predicted molar refractivity (Wildman–Crippen MR) is 133 cm³/mol. The van der Waals surface area contributed by atoms with Crippen molar-refractivity contribution >= 4 is 20.0 Å². The smallest absolute Gasteiger partial charge is 0.350 e. The van der Waals surface area contributed by atoms with Gasteiger partial charge in [0.05, 0.1) is 18.9 Å². The Kier molecular flexibility index (Phi) is 10.6. The number of esters is 1. The van der Waals surface area contributed by atoms with Crippen molar-refractivity contribution in [3.05, 3.63) is 12.2 Å². The number of unbranched alkanes of at least 4 members (excludes halogenated alkanes) is 1. The van der Waals surface area contributed by atoms with Gasteiger partial charge in [-0.2, -0.15) is 0 Å². The molecule has 1 unspecified atom stereocenters. The van der Waals surface area contributed by atoms with E-state index in [-0.39, 0.29) is 35.9 Å². The highest BCUT2D eigenvalue weighted by molar-refractivity contribution is 6.74. The van der Waals surface area contributed by atoms with Crippen LogP contribution in [-0.4, -0.2) is 59.3 Å². The van der Waals surface area contributed by atoms with Crippen LogP contribution in [0.2, 0.25) is 18.1 Å². The highest BCUT2D eigenvalue weighted by Crippen LogP contribution is 2.39. The fraction of sp³-hybridized carbons (Fsp3) is 0.840. The van der Waals surface area contributed by atoms with Gasteiger partial charge in [-0.1, -0.05) is 38.1 Å². The van der Waals surface area contributed by atoms with E-state index in [0.29, 0.717) is 12.3 Å². The molecule has 1 saturated carbocycles. The summed E-state index contributed by atoms with van der Waals surface area (Å²) in [5.74, 6) is 0.144. The van der Waals surface area contributed by atoms with Crippen LogP contribution in [0.1, 0.15) is 66.2 Å². The summed E-state index contributed by atoms with van der Waals surface area (Å²) in [6.07, 6.45) is 9.78. The first kappa shape index (κ1) is 28.0. The van der Waals surface area contributed by atoms with E-state index in [1.807, 2.05) is 0 Å². The molecule has 0 radical (unpaired) electrons. The van der Waals surface area contributed by atoms with Crippen molar-refractivity contribution in [3.8, 4) is 0 Å². The highest BCUT2D eigenvalue weighted by Gasteiger charge is 2.41. The number of rotatable bonds is 12. The van der Waals surface area contributed by atoms with E-state index in [4.69, 9.17) is 23.5 Å². The van der Waals surface area contributed by atoms with Crippen molar-refractivity contribution in [2.24, 2.45) is 17.0 Å². The van der Waals surface area contributed by atoms with Gasteiger partial charge in [-0.3, -0.25) is 0 Å². The zero-order valence-electron chi connectivity index (χ0n) is 21.9. The summed E-state index contributed by atoms with van der Waals surface area (Å²) in [6.45, 7) is 14.0. The number of hydrogen-bond donors (Lipinski definition) is 0. The van der Waals surface area contributed by atoms with E-state index in [9.17, 15) is 4.79 Å². The Morgan fingerprint density at radius 2 is 2.00 bits per heavy atom. The van der Waals surface area contributed by atoms with Gasteiger partial charge in [0.15, 0.2) is 8.32 Å². The van der Waals surface area contributed by atoms with Crippen LogP contribution < -0.4 is 0 Å². The molecule has 2 aliphatic rings. The van der Waals surface area contributed by atoms with Gasteiger partial charge in [-0.05, 0) is 63.1 Å². The summed E-state index contributed by atoms with van der Waals surface area (Å²) in [4.78, 5) is 17.2. The molecule has 2 rings (SSSR count). The molecular weight excluding hydrogens is 438 g/mol. The molecule has 0 aromatic rings. The van der Waals surface area contributed by atoms with Gasteiger partial charge in [0.2, 0.25) is 6.10 Å². The fourth-order valence-corrected chi connectivity index (χ4v) is 5.80. The highest BCUT2D eigenvalue weighted by atomic mass is 28.4. The number of methoxy groups -OCH3 is 2. The molecule has 0 bridgehead atoms. The Morgan fingerprint density at radius 3 is 2.64 bits per heavy atom. The fourth-order valence-electron chi connectivity index (χ4n) is 4.32. The summed E-state index contributed by atoms with van der Waals surface area (Å²) >= 11 is 0. The molecule has 0 aromatic carbocycles. The number of allylic oxidation sites excluding steroid dienone is 2. The van der Waals surface area contributed by atoms with Gasteiger partial charge in [0, 0.05) is 25.6 Å². The minimum Gasteiger partial charge on any atom is -0.466 e. The van der Waals surface area contributed by atoms with Crippen LogP contribution in [0, 0.1) is 11.8 Å². The predicted octanol–water partition coefficient (Wildman–Crippen LogP) is 5.46. The molecule has 0 saturated heterocycles. The summed E-state index contributed by atoms with van der Waals surface area (Å²) in [5, 5.41) is 4.47. The number of nitrogens with zero attached hydrogens (tertiary/aromatic N) is 1. The van der Waals surface area contributed by atoms with Crippen molar-refractivity contribution < 1.29 is 28.3 Å². The van der Waals surface area contributed by atoms with E-state index >= 15 is 0 Å². The molecule has 1 aliphatic heterocycles. The van der Waals surface area contributed by atoms with E-state index in [1.165, 1.54) is 7.11 Å². The lowest BCUT2D eigenvalue weighted by atomic mass is 9.88. The van der Waals surface area contributed by atoms with Crippen molar-refractivity contribution in [3.63, 3.8) is 0 Å². The third-order valence-corrected chi connectivity index (χ3v) is 11.8. The van der Waals surface area contributed by atoms with Gasteiger partial charge >= 0.3 is 5.97 Å². The Hall–Kier alpha value is -1.22. The van der Waals surface area contributed by atoms with Crippen LogP contribution in [0.4, 0.5) is 0 Å². The van der Waals surface area contributed by atoms with Gasteiger partial charge in [0.25, 0.3) is 0 Å². The number of carbonyl (C=O) groups excluding carboxylic acids is 1. The lowest BCUT2D eigenvalue weighted by Gasteiger charge is -2.38. The third-order valence-electron chi connectivity index (χ3n) is 7.24. The molecule has 0 amide bonds. The van der Waals surface area contributed by atoms with Gasteiger partial charge in [-0.25, -0.2) is 4.79 Å². The van der Waals surface area contributed by atoms with E-state index in [1.54, 1.807) is 7.11 Å². The maximum atomic E-state index is 11.8. The maximum Gasteiger partial charge on any atom is 0.350 e. The Labute approximate surface area is 201 Å². The molecule has 33 heavy (non-hydrogen) atoms. The first-order valence-electron chi connectivity index (χ1n) is 12.2. The number of carbonyl (C=O) groups is 1. The first-order valence-corrected chi connectivity index (χ1v) is 15.1. The average Bonchev–Trinajstić information content (AvgIpc) is 3.37. The minimum atomic E-state index is -1.72. The zero-order valence-corrected chi connectivity index (χ0v) is 22.9. The Morgan fingerprint density at radius 1 is 1.27 bits per heavy atom. The standard InChI is InChI=1S/C25H45NO6Si/c1-18(32-33(7,8)25(2,3)4)12-10-9-11-13-19-14-20(30-17-28-5)15-21(19)22-16-23(31-26-22)24(27)29-6/h11,13,18-21,23H,9-10,12,14-17H2,1-8H3/b13-11+/t18-,19+,20-,21+,23?/m0/s1. The third kappa shape index (κ3) is 8.19. The normalized spacial score (nSPS) is 27.0. The summed E-state index contributed by atoms with van der Waals surface area (Å²) in [6, 6.07) is 0. The maximum absolute atomic E-state index is 11.8. The average molecular weight is 484 g/mol. The molecular formula is C25H45NO6Si. The second-order valence-electron chi connectivity index (χ2n) is 10.9. The van der Waals surface area contributed by atoms with Gasteiger partial charge in [0.1, 0.15) is 6.79 Å².